The number of fused-ring (bicyclic) bond motifs is 3. The van der Waals surface area contributed by atoms with Crippen molar-refractivity contribution in [1.82, 2.24) is 14.8 Å². The van der Waals surface area contributed by atoms with Crippen LogP contribution in [0, 0.1) is 11.3 Å². The van der Waals surface area contributed by atoms with Crippen LogP contribution in [-0.2, 0) is 13.0 Å². The van der Waals surface area contributed by atoms with Crippen LogP contribution < -0.4 is 9.64 Å². The lowest BCUT2D eigenvalue weighted by molar-refractivity contribution is 0.101. The molecule has 3 heterocycles. The Labute approximate surface area is 196 Å². The van der Waals surface area contributed by atoms with Crippen LogP contribution in [0.1, 0.15) is 23.6 Å². The van der Waals surface area contributed by atoms with Crippen LogP contribution in [0.5, 0.6) is 5.75 Å². The van der Waals surface area contributed by atoms with Gasteiger partial charge in [0.05, 0.1) is 11.1 Å². The lowest BCUT2D eigenvalue weighted by Gasteiger charge is -2.49. The number of anilines is 1. The van der Waals surface area contributed by atoms with Crippen molar-refractivity contribution < 1.29 is 4.74 Å². The first-order valence-corrected chi connectivity index (χ1v) is 11.7. The summed E-state index contributed by atoms with van der Waals surface area (Å²) >= 11 is 0. The number of piperazine rings is 1. The SMILES string of the molecule is CC1CN(c2ccc(C#N)c3ncccc23)CC2Cc3cc(OCCN(C)C)ccc3CN12. The van der Waals surface area contributed by atoms with E-state index in [4.69, 9.17) is 4.74 Å². The van der Waals surface area contributed by atoms with Gasteiger partial charge in [-0.2, -0.15) is 5.26 Å². The van der Waals surface area contributed by atoms with E-state index in [1.807, 2.05) is 12.1 Å². The molecule has 2 aromatic carbocycles. The van der Waals surface area contributed by atoms with Gasteiger partial charge in [-0.25, -0.2) is 0 Å². The van der Waals surface area contributed by atoms with Gasteiger partial charge in [0.2, 0.25) is 0 Å². The number of pyridine rings is 1. The van der Waals surface area contributed by atoms with E-state index in [-0.39, 0.29) is 0 Å². The second kappa shape index (κ2) is 9.01. The Morgan fingerprint density at radius 2 is 2.03 bits per heavy atom. The molecule has 1 saturated heterocycles. The molecular formula is C27H31N5O. The van der Waals surface area contributed by atoms with Crippen LogP contribution in [0.25, 0.3) is 10.9 Å². The third kappa shape index (κ3) is 4.27. The molecule has 0 aliphatic carbocycles. The summed E-state index contributed by atoms with van der Waals surface area (Å²) < 4.78 is 6.00. The van der Waals surface area contributed by atoms with E-state index in [1.54, 1.807) is 6.20 Å². The number of benzene rings is 2. The molecule has 170 valence electrons. The van der Waals surface area contributed by atoms with Gasteiger partial charge in [-0.1, -0.05) is 6.07 Å². The van der Waals surface area contributed by atoms with Crippen LogP contribution in [0.3, 0.4) is 0 Å². The first-order valence-electron chi connectivity index (χ1n) is 11.7. The zero-order chi connectivity index (χ0) is 22.9. The fourth-order valence-electron chi connectivity index (χ4n) is 5.24. The summed E-state index contributed by atoms with van der Waals surface area (Å²) in [6.07, 6.45) is 2.79. The highest BCUT2D eigenvalue weighted by Gasteiger charge is 2.36. The Morgan fingerprint density at radius 1 is 1.15 bits per heavy atom. The van der Waals surface area contributed by atoms with E-state index in [0.717, 1.165) is 49.3 Å². The van der Waals surface area contributed by atoms with E-state index in [9.17, 15) is 5.26 Å². The highest BCUT2D eigenvalue weighted by molar-refractivity contribution is 5.95. The van der Waals surface area contributed by atoms with Gasteiger partial charge < -0.3 is 14.5 Å². The van der Waals surface area contributed by atoms with Gasteiger partial charge >= 0.3 is 0 Å². The molecule has 1 fully saturated rings. The van der Waals surface area contributed by atoms with Crippen molar-refractivity contribution in [2.75, 3.05) is 45.2 Å². The molecule has 6 heteroatoms. The van der Waals surface area contributed by atoms with Crippen LogP contribution in [0.15, 0.2) is 48.7 Å². The predicted molar refractivity (Wildman–Crippen MR) is 132 cm³/mol. The smallest absolute Gasteiger partial charge is 0.119 e. The van der Waals surface area contributed by atoms with Crippen molar-refractivity contribution in [2.24, 2.45) is 0 Å². The maximum absolute atomic E-state index is 9.51. The van der Waals surface area contributed by atoms with Gasteiger partial charge in [-0.15, -0.1) is 0 Å². The standard InChI is InChI=1S/C27H31N5O/c1-19-16-31(26-9-7-20(15-28)27-25(26)5-4-10-29-27)18-23-13-22-14-24(33-12-11-30(2)3)8-6-21(22)17-32(19)23/h4-10,14,19,23H,11-13,16-18H2,1-3H3. The van der Waals surface area contributed by atoms with Crippen molar-refractivity contribution in [3.8, 4) is 11.8 Å². The van der Waals surface area contributed by atoms with E-state index in [1.165, 1.54) is 16.8 Å². The van der Waals surface area contributed by atoms with Gasteiger partial charge in [0.15, 0.2) is 0 Å². The Kier molecular flexibility index (Phi) is 5.92. The second-order valence-electron chi connectivity index (χ2n) is 9.51. The number of nitrogens with zero attached hydrogens (tertiary/aromatic N) is 5. The molecule has 6 nitrogen and oxygen atoms in total. The fourth-order valence-corrected chi connectivity index (χ4v) is 5.24. The second-order valence-corrected chi connectivity index (χ2v) is 9.51. The van der Waals surface area contributed by atoms with Gasteiger partial charge in [0, 0.05) is 55.5 Å². The van der Waals surface area contributed by atoms with E-state index >= 15 is 0 Å². The van der Waals surface area contributed by atoms with E-state index in [0.29, 0.717) is 24.3 Å². The molecule has 0 N–H and O–H groups in total. The lowest BCUT2D eigenvalue weighted by Crippen LogP contribution is -2.59. The number of aromatic nitrogens is 1. The van der Waals surface area contributed by atoms with Crippen LogP contribution >= 0.6 is 0 Å². The highest BCUT2D eigenvalue weighted by Crippen LogP contribution is 2.35. The highest BCUT2D eigenvalue weighted by atomic mass is 16.5. The third-order valence-corrected chi connectivity index (χ3v) is 6.95. The molecule has 0 bridgehead atoms. The minimum Gasteiger partial charge on any atom is -0.492 e. The molecule has 3 aromatic rings. The molecule has 0 spiro atoms. The normalized spacial score (nSPS) is 20.4. The van der Waals surface area contributed by atoms with Crippen LogP contribution in [-0.4, -0.2) is 67.2 Å². The van der Waals surface area contributed by atoms with Gasteiger partial charge in [0.25, 0.3) is 0 Å². The van der Waals surface area contributed by atoms with Crippen molar-refractivity contribution in [1.29, 1.82) is 5.26 Å². The number of hydrogen-bond acceptors (Lipinski definition) is 6. The lowest BCUT2D eigenvalue weighted by atomic mass is 9.90. The molecule has 2 aliphatic rings. The summed E-state index contributed by atoms with van der Waals surface area (Å²) in [5, 5.41) is 10.6. The zero-order valence-electron chi connectivity index (χ0n) is 19.7. The Morgan fingerprint density at radius 3 is 2.85 bits per heavy atom. The van der Waals surface area contributed by atoms with Crippen LogP contribution in [0.4, 0.5) is 5.69 Å². The maximum atomic E-state index is 9.51. The summed E-state index contributed by atoms with van der Waals surface area (Å²) in [7, 11) is 4.13. The summed E-state index contributed by atoms with van der Waals surface area (Å²) in [6.45, 7) is 6.85. The molecule has 2 aliphatic heterocycles. The fraction of sp³-hybridized carbons (Fsp3) is 0.407. The van der Waals surface area contributed by atoms with Crippen LogP contribution in [0.2, 0.25) is 0 Å². The molecule has 1 aromatic heterocycles. The maximum Gasteiger partial charge on any atom is 0.119 e. The molecule has 2 atom stereocenters. The zero-order valence-corrected chi connectivity index (χ0v) is 19.7. The molecule has 0 amide bonds. The molecule has 0 radical (unpaired) electrons. The van der Waals surface area contributed by atoms with Crippen molar-refractivity contribution in [3.63, 3.8) is 0 Å². The molecule has 33 heavy (non-hydrogen) atoms. The third-order valence-electron chi connectivity index (χ3n) is 6.95. The van der Waals surface area contributed by atoms with Crippen molar-refractivity contribution in [2.45, 2.75) is 32.0 Å². The summed E-state index contributed by atoms with van der Waals surface area (Å²) in [5.41, 5.74) is 5.42. The minimum absolute atomic E-state index is 0.440. The predicted octanol–water partition coefficient (Wildman–Crippen LogP) is 3.68. The summed E-state index contributed by atoms with van der Waals surface area (Å²) in [5.74, 6) is 0.967. The summed E-state index contributed by atoms with van der Waals surface area (Å²) in [4.78, 5) is 11.8. The number of hydrogen-bond donors (Lipinski definition) is 0. The quantitative estimate of drug-likeness (QED) is 0.602. The van der Waals surface area contributed by atoms with Crippen molar-refractivity contribution in [3.05, 3.63) is 65.4 Å². The Balaban J connectivity index is 1.39. The monoisotopic (exact) mass is 441 g/mol. The topological polar surface area (TPSA) is 55.6 Å². The number of rotatable bonds is 5. The number of likely N-dealkylation sites (N-methyl/N-ethyl adjacent to an activating group) is 1. The molecular weight excluding hydrogens is 410 g/mol. The first-order chi connectivity index (χ1) is 16.0. The van der Waals surface area contributed by atoms with E-state index in [2.05, 4.69) is 77.1 Å². The molecule has 0 saturated carbocycles. The van der Waals surface area contributed by atoms with Crippen molar-refractivity contribution >= 4 is 16.6 Å². The first kappa shape index (κ1) is 21.7. The average Bonchev–Trinajstić information content (AvgIpc) is 2.82. The Bertz CT molecular complexity index is 1200. The van der Waals surface area contributed by atoms with Gasteiger partial charge in [-0.3, -0.25) is 9.88 Å². The molecule has 5 rings (SSSR count). The number of ether oxygens (including phenoxy) is 1. The van der Waals surface area contributed by atoms with Gasteiger partial charge in [0.1, 0.15) is 18.4 Å². The summed E-state index contributed by atoms with van der Waals surface area (Å²) in [6, 6.07) is 17.8. The largest absolute Gasteiger partial charge is 0.492 e. The average molecular weight is 442 g/mol. The van der Waals surface area contributed by atoms with E-state index < -0.39 is 0 Å². The van der Waals surface area contributed by atoms with Gasteiger partial charge in [-0.05, 0) is 75.0 Å². The Hall–Kier alpha value is -3.14. The minimum atomic E-state index is 0.440. The number of nitriles is 1. The molecule has 2 unspecified atom stereocenters.